The number of carbonyl (C=O) groups is 1. The first-order chi connectivity index (χ1) is 8.91. The molecule has 4 N–H and O–H groups in total. The molecule has 0 heterocycles. The van der Waals surface area contributed by atoms with Crippen molar-refractivity contribution in [3.8, 4) is 0 Å². The largest absolute Gasteiger partial charge is 0.396 e. The molecule has 0 unspecified atom stereocenters. The molecule has 1 saturated carbocycles. The molecular weight excluding hydrogens is 254 g/mol. The van der Waals surface area contributed by atoms with Crippen LogP contribution in [-0.2, 0) is 0 Å². The van der Waals surface area contributed by atoms with Crippen LogP contribution in [0.25, 0.3) is 0 Å². The zero-order valence-corrected chi connectivity index (χ0v) is 10.4. The van der Waals surface area contributed by atoms with Crippen LogP contribution in [0.1, 0.15) is 36.0 Å². The molecule has 6 heteroatoms. The number of nitrogens with two attached hydrogens (primary N) is 1. The van der Waals surface area contributed by atoms with Gasteiger partial charge in [-0.3, -0.25) is 4.79 Å². The standard InChI is InChI=1S/C13H16F2N2O2/c14-8-5-9(11(15)10(16)6-8)12(18)17-7-13(19)3-1-2-4-13/h5-6,19H,1-4,7,16H2,(H,17,18). The lowest BCUT2D eigenvalue weighted by molar-refractivity contribution is 0.0448. The van der Waals surface area contributed by atoms with Crippen molar-refractivity contribution in [1.29, 1.82) is 0 Å². The van der Waals surface area contributed by atoms with Gasteiger partial charge in [0.1, 0.15) is 5.82 Å². The molecule has 0 saturated heterocycles. The first-order valence-electron chi connectivity index (χ1n) is 6.16. The number of benzene rings is 1. The molecule has 1 fully saturated rings. The molecule has 0 bridgehead atoms. The molecule has 4 nitrogen and oxygen atoms in total. The SMILES string of the molecule is Nc1cc(F)cc(C(=O)NCC2(O)CCCC2)c1F. The molecule has 0 aliphatic heterocycles. The van der Waals surface area contributed by atoms with Crippen LogP contribution in [0.5, 0.6) is 0 Å². The molecule has 1 amide bonds. The molecule has 2 rings (SSSR count). The van der Waals surface area contributed by atoms with Gasteiger partial charge in [-0.05, 0) is 25.0 Å². The van der Waals surface area contributed by atoms with Crippen LogP contribution in [0.15, 0.2) is 12.1 Å². The fourth-order valence-electron chi connectivity index (χ4n) is 2.33. The number of rotatable bonds is 3. The van der Waals surface area contributed by atoms with E-state index in [9.17, 15) is 18.7 Å². The predicted molar refractivity (Wildman–Crippen MR) is 66.5 cm³/mol. The van der Waals surface area contributed by atoms with Gasteiger partial charge in [0.25, 0.3) is 5.91 Å². The fraction of sp³-hybridized carbons (Fsp3) is 0.462. The lowest BCUT2D eigenvalue weighted by Crippen LogP contribution is -2.41. The summed E-state index contributed by atoms with van der Waals surface area (Å²) in [7, 11) is 0. The number of carbonyl (C=O) groups excluding carboxylic acids is 1. The van der Waals surface area contributed by atoms with E-state index in [0.29, 0.717) is 12.8 Å². The van der Waals surface area contributed by atoms with Crippen LogP contribution in [-0.4, -0.2) is 23.2 Å². The molecule has 104 valence electrons. The van der Waals surface area contributed by atoms with Crippen molar-refractivity contribution in [2.45, 2.75) is 31.3 Å². The summed E-state index contributed by atoms with van der Waals surface area (Å²) in [5.74, 6) is -2.50. The highest BCUT2D eigenvalue weighted by Gasteiger charge is 2.31. The second-order valence-electron chi connectivity index (χ2n) is 4.97. The Labute approximate surface area is 109 Å². The zero-order valence-electron chi connectivity index (χ0n) is 10.4. The van der Waals surface area contributed by atoms with Gasteiger partial charge in [-0.2, -0.15) is 0 Å². The maximum atomic E-state index is 13.6. The van der Waals surface area contributed by atoms with Crippen molar-refractivity contribution in [3.63, 3.8) is 0 Å². The van der Waals surface area contributed by atoms with Gasteiger partial charge in [0.2, 0.25) is 0 Å². The first-order valence-corrected chi connectivity index (χ1v) is 6.16. The molecule has 0 spiro atoms. The van der Waals surface area contributed by atoms with Gasteiger partial charge >= 0.3 is 0 Å². The van der Waals surface area contributed by atoms with E-state index < -0.39 is 34.4 Å². The molecule has 0 aromatic heterocycles. The van der Waals surface area contributed by atoms with Gasteiger partial charge in [-0.15, -0.1) is 0 Å². The van der Waals surface area contributed by atoms with Crippen molar-refractivity contribution >= 4 is 11.6 Å². The second kappa shape index (κ2) is 5.13. The summed E-state index contributed by atoms with van der Waals surface area (Å²) >= 11 is 0. The Hall–Kier alpha value is -1.69. The normalized spacial score (nSPS) is 17.4. The van der Waals surface area contributed by atoms with Crippen molar-refractivity contribution < 1.29 is 18.7 Å². The molecule has 1 aliphatic carbocycles. The maximum absolute atomic E-state index is 13.6. The second-order valence-corrected chi connectivity index (χ2v) is 4.97. The molecule has 1 aromatic rings. The van der Waals surface area contributed by atoms with Crippen LogP contribution in [0.4, 0.5) is 14.5 Å². The molecule has 1 aromatic carbocycles. The summed E-state index contributed by atoms with van der Waals surface area (Å²) in [5, 5.41) is 12.5. The van der Waals surface area contributed by atoms with Crippen molar-refractivity contribution in [2.75, 3.05) is 12.3 Å². The number of nitrogens with one attached hydrogen (secondary N) is 1. The third-order valence-corrected chi connectivity index (χ3v) is 3.42. The van der Waals surface area contributed by atoms with Crippen molar-refractivity contribution in [2.24, 2.45) is 0 Å². The quantitative estimate of drug-likeness (QED) is 0.730. The average Bonchev–Trinajstić information content (AvgIpc) is 2.78. The molecule has 0 radical (unpaired) electrons. The number of hydrogen-bond donors (Lipinski definition) is 3. The monoisotopic (exact) mass is 270 g/mol. The van der Waals surface area contributed by atoms with Gasteiger partial charge in [-0.1, -0.05) is 12.8 Å². The highest BCUT2D eigenvalue weighted by atomic mass is 19.1. The highest BCUT2D eigenvalue weighted by Crippen LogP contribution is 2.28. The molecule has 19 heavy (non-hydrogen) atoms. The maximum Gasteiger partial charge on any atom is 0.254 e. The molecular formula is C13H16F2N2O2. The molecule has 1 aliphatic rings. The third-order valence-electron chi connectivity index (χ3n) is 3.42. The lowest BCUT2D eigenvalue weighted by Gasteiger charge is -2.22. The minimum atomic E-state index is -0.947. The Morgan fingerprint density at radius 1 is 1.37 bits per heavy atom. The first kappa shape index (κ1) is 13.7. The number of aliphatic hydroxyl groups is 1. The van der Waals surface area contributed by atoms with E-state index in [1.54, 1.807) is 0 Å². The van der Waals surface area contributed by atoms with Crippen LogP contribution < -0.4 is 11.1 Å². The molecule has 0 atom stereocenters. The van der Waals surface area contributed by atoms with Gasteiger partial charge in [-0.25, -0.2) is 8.78 Å². The summed E-state index contributed by atoms with van der Waals surface area (Å²) in [5.41, 5.74) is 3.46. The minimum absolute atomic E-state index is 0.0295. The topological polar surface area (TPSA) is 75.4 Å². The number of nitrogen functional groups attached to an aromatic ring is 1. The average molecular weight is 270 g/mol. The lowest BCUT2D eigenvalue weighted by atomic mass is 10.0. The van der Waals surface area contributed by atoms with E-state index in [-0.39, 0.29) is 6.54 Å². The summed E-state index contributed by atoms with van der Waals surface area (Å²) in [6, 6.07) is 1.61. The summed E-state index contributed by atoms with van der Waals surface area (Å²) in [6.45, 7) is 0.0295. The van der Waals surface area contributed by atoms with E-state index >= 15 is 0 Å². The van der Waals surface area contributed by atoms with Gasteiger partial charge in [0.05, 0.1) is 16.9 Å². The third kappa shape index (κ3) is 3.01. The summed E-state index contributed by atoms with van der Waals surface area (Å²) in [4.78, 5) is 11.8. The van der Waals surface area contributed by atoms with Gasteiger partial charge in [0.15, 0.2) is 5.82 Å². The fourth-order valence-corrected chi connectivity index (χ4v) is 2.33. The summed E-state index contributed by atoms with van der Waals surface area (Å²) in [6.07, 6.45) is 2.99. The van der Waals surface area contributed by atoms with E-state index in [2.05, 4.69) is 5.32 Å². The van der Waals surface area contributed by atoms with E-state index in [4.69, 9.17) is 5.73 Å². The predicted octanol–water partition coefficient (Wildman–Crippen LogP) is 1.58. The minimum Gasteiger partial charge on any atom is -0.396 e. The Balaban J connectivity index is 2.08. The highest BCUT2D eigenvalue weighted by molar-refractivity contribution is 5.95. The van der Waals surface area contributed by atoms with E-state index in [1.807, 2.05) is 0 Å². The number of hydrogen-bond acceptors (Lipinski definition) is 3. The Kier molecular flexibility index (Phi) is 3.71. The van der Waals surface area contributed by atoms with Crippen molar-refractivity contribution in [1.82, 2.24) is 5.32 Å². The smallest absolute Gasteiger partial charge is 0.254 e. The van der Waals surface area contributed by atoms with Crippen LogP contribution in [0.2, 0.25) is 0 Å². The Bertz CT molecular complexity index is 500. The van der Waals surface area contributed by atoms with Gasteiger partial charge in [0, 0.05) is 6.54 Å². The van der Waals surface area contributed by atoms with E-state index in [0.717, 1.165) is 25.0 Å². The summed E-state index contributed by atoms with van der Waals surface area (Å²) < 4.78 is 26.7. The number of halogens is 2. The number of amides is 1. The zero-order chi connectivity index (χ0) is 14.0. The van der Waals surface area contributed by atoms with Crippen LogP contribution >= 0.6 is 0 Å². The van der Waals surface area contributed by atoms with Crippen LogP contribution in [0, 0.1) is 11.6 Å². The number of anilines is 1. The Morgan fingerprint density at radius 3 is 2.63 bits per heavy atom. The Morgan fingerprint density at radius 2 is 2.00 bits per heavy atom. The van der Waals surface area contributed by atoms with Crippen molar-refractivity contribution in [3.05, 3.63) is 29.3 Å². The van der Waals surface area contributed by atoms with Gasteiger partial charge < -0.3 is 16.2 Å². The van der Waals surface area contributed by atoms with Crippen LogP contribution in [0.3, 0.4) is 0 Å². The van der Waals surface area contributed by atoms with E-state index in [1.165, 1.54) is 0 Å².